The molecular formula is C30H28N6O3. The van der Waals surface area contributed by atoms with E-state index in [4.69, 9.17) is 19.4 Å². The van der Waals surface area contributed by atoms with Crippen LogP contribution in [0.4, 0.5) is 17.3 Å². The van der Waals surface area contributed by atoms with Crippen molar-refractivity contribution in [2.75, 3.05) is 43.1 Å². The molecule has 1 N–H and O–H groups in total. The zero-order chi connectivity index (χ0) is 26.8. The zero-order valence-corrected chi connectivity index (χ0v) is 21.7. The number of aryl methyl sites for hydroxylation is 1. The molecule has 1 amide bonds. The molecule has 0 unspecified atom stereocenters. The number of fused-ring (bicyclic) bond motifs is 1. The molecule has 2 aliphatic rings. The van der Waals surface area contributed by atoms with Crippen molar-refractivity contribution < 1.29 is 13.9 Å². The van der Waals surface area contributed by atoms with Gasteiger partial charge in [0.1, 0.15) is 11.5 Å². The van der Waals surface area contributed by atoms with Crippen LogP contribution in [-0.2, 0) is 17.7 Å². The van der Waals surface area contributed by atoms with E-state index in [-0.39, 0.29) is 5.91 Å². The number of nitrogens with one attached hydrogen (secondary N) is 1. The molecule has 196 valence electrons. The van der Waals surface area contributed by atoms with E-state index in [0.29, 0.717) is 48.0 Å². The maximum Gasteiger partial charge on any atom is 0.254 e. The summed E-state index contributed by atoms with van der Waals surface area (Å²) < 4.78 is 11.7. The Morgan fingerprint density at radius 1 is 1.08 bits per heavy atom. The largest absolute Gasteiger partial charge is 0.457 e. The van der Waals surface area contributed by atoms with Gasteiger partial charge in [-0.25, -0.2) is 9.97 Å². The third kappa shape index (κ3) is 5.19. The molecule has 1 saturated heterocycles. The van der Waals surface area contributed by atoms with Crippen LogP contribution in [0.15, 0.2) is 65.2 Å². The number of anilines is 3. The van der Waals surface area contributed by atoms with Crippen molar-refractivity contribution >= 4 is 23.2 Å². The van der Waals surface area contributed by atoms with Gasteiger partial charge >= 0.3 is 0 Å². The van der Waals surface area contributed by atoms with Crippen LogP contribution >= 0.6 is 0 Å². The van der Waals surface area contributed by atoms with E-state index in [0.717, 1.165) is 48.9 Å². The summed E-state index contributed by atoms with van der Waals surface area (Å²) in [4.78, 5) is 26.4. The number of carbonyl (C=O) groups is 1. The van der Waals surface area contributed by atoms with E-state index in [9.17, 15) is 4.79 Å². The Bertz CT molecular complexity index is 1550. The monoisotopic (exact) mass is 520 g/mol. The Kier molecular flexibility index (Phi) is 6.69. The van der Waals surface area contributed by atoms with Gasteiger partial charge < -0.3 is 24.3 Å². The van der Waals surface area contributed by atoms with Gasteiger partial charge in [0.15, 0.2) is 5.76 Å². The number of hydrogen-bond acceptors (Lipinski definition) is 8. The van der Waals surface area contributed by atoms with E-state index >= 15 is 0 Å². The number of morpholine rings is 1. The van der Waals surface area contributed by atoms with E-state index in [2.05, 4.69) is 33.4 Å². The van der Waals surface area contributed by atoms with Gasteiger partial charge in [0.2, 0.25) is 5.95 Å². The fourth-order valence-corrected chi connectivity index (χ4v) is 4.97. The Morgan fingerprint density at radius 2 is 1.90 bits per heavy atom. The number of benzene rings is 2. The molecule has 39 heavy (non-hydrogen) atoms. The third-order valence-corrected chi connectivity index (χ3v) is 7.11. The number of furan rings is 1. The van der Waals surface area contributed by atoms with Crippen molar-refractivity contribution in [2.24, 2.45) is 0 Å². The molecule has 2 aromatic carbocycles. The van der Waals surface area contributed by atoms with Crippen molar-refractivity contribution in [3.63, 3.8) is 0 Å². The van der Waals surface area contributed by atoms with Crippen LogP contribution in [0.1, 0.15) is 32.8 Å². The van der Waals surface area contributed by atoms with Crippen LogP contribution < -0.4 is 10.2 Å². The summed E-state index contributed by atoms with van der Waals surface area (Å²) in [5, 5.41) is 12.5. The summed E-state index contributed by atoms with van der Waals surface area (Å²) in [6.45, 7) is 6.19. The first-order valence-corrected chi connectivity index (χ1v) is 13.0. The van der Waals surface area contributed by atoms with Gasteiger partial charge in [0.05, 0.1) is 31.4 Å². The second-order valence-electron chi connectivity index (χ2n) is 9.72. The number of nitriles is 1. The predicted molar refractivity (Wildman–Crippen MR) is 147 cm³/mol. The molecule has 6 rings (SSSR count). The number of hydrogen-bond donors (Lipinski definition) is 1. The Hall–Kier alpha value is -4.68. The van der Waals surface area contributed by atoms with Crippen LogP contribution in [0.2, 0.25) is 0 Å². The second-order valence-corrected chi connectivity index (χ2v) is 9.72. The molecule has 4 aromatic rings. The number of ether oxygens (including phenoxy) is 1. The minimum absolute atomic E-state index is 0.111. The van der Waals surface area contributed by atoms with Crippen molar-refractivity contribution in [1.82, 2.24) is 14.9 Å². The van der Waals surface area contributed by atoms with Gasteiger partial charge in [-0.1, -0.05) is 6.07 Å². The number of carbonyl (C=O) groups excluding carboxylic acids is 1. The van der Waals surface area contributed by atoms with E-state index in [1.54, 1.807) is 35.4 Å². The molecule has 1 fully saturated rings. The summed E-state index contributed by atoms with van der Waals surface area (Å²) in [7, 11) is 0. The van der Waals surface area contributed by atoms with Crippen molar-refractivity contribution in [3.05, 3.63) is 88.8 Å². The molecule has 2 aromatic heterocycles. The first kappa shape index (κ1) is 24.6. The summed E-state index contributed by atoms with van der Waals surface area (Å²) >= 11 is 0. The van der Waals surface area contributed by atoms with Gasteiger partial charge in [0.25, 0.3) is 5.91 Å². The first-order chi connectivity index (χ1) is 19.1. The predicted octanol–water partition coefficient (Wildman–Crippen LogP) is 4.70. The highest BCUT2D eigenvalue weighted by Crippen LogP contribution is 2.31. The standard InChI is InChI=1S/C30H28N6O3/c1-20-18-32-30(33-24-5-7-25(8-6-24)35-11-13-38-14-12-35)34-28(20)26-16-22-9-10-36(19-27(22)39-26)29(37)23-4-2-3-21(15-23)17-31/h2-8,15-16,18H,9-14,19H2,1H3,(H,32,33,34). The highest BCUT2D eigenvalue weighted by Gasteiger charge is 2.26. The average molecular weight is 521 g/mol. The summed E-state index contributed by atoms with van der Waals surface area (Å²) in [6, 6.07) is 19.1. The molecule has 0 bridgehead atoms. The number of amides is 1. The second kappa shape index (κ2) is 10.6. The lowest BCUT2D eigenvalue weighted by Crippen LogP contribution is -2.36. The van der Waals surface area contributed by atoms with Gasteiger partial charge in [-0.2, -0.15) is 5.26 Å². The first-order valence-electron chi connectivity index (χ1n) is 13.0. The van der Waals surface area contributed by atoms with Gasteiger partial charge in [-0.15, -0.1) is 0 Å². The van der Waals surface area contributed by atoms with Gasteiger partial charge in [-0.3, -0.25) is 4.79 Å². The lowest BCUT2D eigenvalue weighted by molar-refractivity contribution is 0.0720. The minimum Gasteiger partial charge on any atom is -0.457 e. The van der Waals surface area contributed by atoms with Crippen LogP contribution in [0.25, 0.3) is 11.5 Å². The third-order valence-electron chi connectivity index (χ3n) is 7.11. The SMILES string of the molecule is Cc1cnc(Nc2ccc(N3CCOCC3)cc2)nc1-c1cc2c(o1)CN(C(=O)c1cccc(C#N)c1)CC2. The van der Waals surface area contributed by atoms with Crippen molar-refractivity contribution in [2.45, 2.75) is 19.9 Å². The summed E-state index contributed by atoms with van der Waals surface area (Å²) in [6.07, 6.45) is 2.47. The van der Waals surface area contributed by atoms with Crippen LogP contribution in [-0.4, -0.2) is 53.6 Å². The lowest BCUT2D eigenvalue weighted by Gasteiger charge is -2.28. The van der Waals surface area contributed by atoms with Crippen LogP contribution in [0.5, 0.6) is 0 Å². The molecular weight excluding hydrogens is 492 g/mol. The molecule has 2 aliphatic heterocycles. The zero-order valence-electron chi connectivity index (χ0n) is 21.7. The van der Waals surface area contributed by atoms with Gasteiger partial charge in [-0.05, 0) is 73.0 Å². The quantitative estimate of drug-likeness (QED) is 0.404. The van der Waals surface area contributed by atoms with Crippen molar-refractivity contribution in [1.29, 1.82) is 5.26 Å². The maximum atomic E-state index is 13.1. The summed E-state index contributed by atoms with van der Waals surface area (Å²) in [5.74, 6) is 1.79. The molecule has 4 heterocycles. The lowest BCUT2D eigenvalue weighted by atomic mass is 10.0. The number of rotatable bonds is 5. The normalized spacial score (nSPS) is 15.0. The molecule has 0 radical (unpaired) electrons. The fraction of sp³-hybridized carbons (Fsp3) is 0.267. The Balaban J connectivity index is 1.18. The minimum atomic E-state index is -0.111. The molecule has 0 aliphatic carbocycles. The molecule has 0 spiro atoms. The number of aromatic nitrogens is 2. The fourth-order valence-electron chi connectivity index (χ4n) is 4.97. The number of nitrogens with zero attached hydrogens (tertiary/aromatic N) is 5. The van der Waals surface area contributed by atoms with E-state index in [1.807, 2.05) is 25.1 Å². The average Bonchev–Trinajstić information content (AvgIpc) is 3.42. The van der Waals surface area contributed by atoms with Crippen molar-refractivity contribution in [3.8, 4) is 17.5 Å². The highest BCUT2D eigenvalue weighted by atomic mass is 16.5. The van der Waals surface area contributed by atoms with Crippen LogP contribution in [0, 0.1) is 18.3 Å². The Labute approximate surface area is 226 Å². The smallest absolute Gasteiger partial charge is 0.254 e. The maximum absolute atomic E-state index is 13.1. The summed E-state index contributed by atoms with van der Waals surface area (Å²) in [5.41, 5.74) is 5.73. The molecule has 0 atom stereocenters. The van der Waals surface area contributed by atoms with E-state index in [1.165, 1.54) is 5.69 Å². The topological polar surface area (TPSA) is 108 Å². The molecule has 9 nitrogen and oxygen atoms in total. The molecule has 9 heteroatoms. The van der Waals surface area contributed by atoms with Gasteiger partial charge in [0, 0.05) is 42.8 Å². The highest BCUT2D eigenvalue weighted by molar-refractivity contribution is 5.94. The van der Waals surface area contributed by atoms with Crippen LogP contribution in [0.3, 0.4) is 0 Å². The molecule has 0 saturated carbocycles. The Morgan fingerprint density at radius 3 is 2.69 bits per heavy atom. The van der Waals surface area contributed by atoms with E-state index < -0.39 is 0 Å².